The Balaban J connectivity index is 1.63. The summed E-state index contributed by atoms with van der Waals surface area (Å²) in [6.07, 6.45) is 7.10. The molecule has 3 rings (SSSR count). The highest BCUT2D eigenvalue weighted by Crippen LogP contribution is 2.22. The van der Waals surface area contributed by atoms with Crippen LogP contribution in [0, 0.1) is 5.92 Å². The van der Waals surface area contributed by atoms with E-state index in [0.717, 1.165) is 18.7 Å². The summed E-state index contributed by atoms with van der Waals surface area (Å²) in [6, 6.07) is 0. The molecule has 0 radical (unpaired) electrons. The zero-order chi connectivity index (χ0) is 15.6. The summed E-state index contributed by atoms with van der Waals surface area (Å²) in [5.74, 6) is 1.26. The lowest BCUT2D eigenvalue weighted by Crippen LogP contribution is -2.54. The lowest BCUT2D eigenvalue weighted by atomic mass is 10.0. The van der Waals surface area contributed by atoms with Gasteiger partial charge in [-0.25, -0.2) is 4.98 Å². The van der Waals surface area contributed by atoms with E-state index in [1.807, 2.05) is 0 Å². The van der Waals surface area contributed by atoms with Crippen LogP contribution in [-0.4, -0.2) is 66.3 Å². The Morgan fingerprint density at radius 3 is 2.50 bits per heavy atom. The average molecular weight is 325 g/mol. The Morgan fingerprint density at radius 2 is 1.86 bits per heavy atom. The number of hydrogen-bond acceptors (Lipinski definition) is 5. The van der Waals surface area contributed by atoms with Gasteiger partial charge in [-0.3, -0.25) is 4.98 Å². The summed E-state index contributed by atoms with van der Waals surface area (Å²) in [7, 11) is -3.32. The smallest absolute Gasteiger partial charge is 0.282 e. The Kier molecular flexibility index (Phi) is 4.60. The number of piperidine rings is 1. The molecule has 8 heteroatoms. The minimum Gasteiger partial charge on any atom is -0.353 e. The van der Waals surface area contributed by atoms with E-state index in [4.69, 9.17) is 0 Å². The predicted octanol–water partition coefficient (Wildman–Crippen LogP) is 0.575. The molecule has 2 aliphatic heterocycles. The van der Waals surface area contributed by atoms with Gasteiger partial charge >= 0.3 is 0 Å². The first kappa shape index (κ1) is 15.6. The summed E-state index contributed by atoms with van der Waals surface area (Å²) in [6.45, 7) is 5.73. The molecule has 7 nitrogen and oxygen atoms in total. The second kappa shape index (κ2) is 6.47. The van der Waals surface area contributed by atoms with Crippen molar-refractivity contribution in [2.45, 2.75) is 19.8 Å². The Hall–Kier alpha value is -1.25. The molecule has 1 aromatic rings. The number of aromatic nitrogens is 2. The van der Waals surface area contributed by atoms with Crippen LogP contribution in [0.15, 0.2) is 18.6 Å². The molecule has 0 aliphatic carbocycles. The molecule has 1 aromatic heterocycles. The van der Waals surface area contributed by atoms with E-state index < -0.39 is 10.2 Å². The van der Waals surface area contributed by atoms with E-state index >= 15 is 0 Å². The van der Waals surface area contributed by atoms with Gasteiger partial charge in [0.15, 0.2) is 0 Å². The van der Waals surface area contributed by atoms with E-state index in [2.05, 4.69) is 21.8 Å². The van der Waals surface area contributed by atoms with Gasteiger partial charge in [-0.2, -0.15) is 17.0 Å². The first-order chi connectivity index (χ1) is 10.6. The van der Waals surface area contributed by atoms with Crippen LogP contribution in [0.25, 0.3) is 0 Å². The topological polar surface area (TPSA) is 69.6 Å². The third-order valence-electron chi connectivity index (χ3n) is 4.38. The van der Waals surface area contributed by atoms with Gasteiger partial charge in [0.05, 0.1) is 6.20 Å². The second-order valence-electron chi connectivity index (χ2n) is 6.06. The molecule has 0 N–H and O–H groups in total. The fourth-order valence-electron chi connectivity index (χ4n) is 3.12. The molecule has 0 spiro atoms. The third-order valence-corrected chi connectivity index (χ3v) is 6.39. The summed E-state index contributed by atoms with van der Waals surface area (Å²) in [5.41, 5.74) is 0. The maximum Gasteiger partial charge on any atom is 0.282 e. The first-order valence-electron chi connectivity index (χ1n) is 7.83. The second-order valence-corrected chi connectivity index (χ2v) is 7.99. The van der Waals surface area contributed by atoms with Gasteiger partial charge in [0.25, 0.3) is 10.2 Å². The number of piperazine rings is 1. The Bertz CT molecular complexity index is 587. The van der Waals surface area contributed by atoms with E-state index in [-0.39, 0.29) is 0 Å². The van der Waals surface area contributed by atoms with Gasteiger partial charge in [-0.05, 0) is 18.8 Å². The molecule has 0 bridgehead atoms. The molecule has 22 heavy (non-hydrogen) atoms. The lowest BCUT2D eigenvalue weighted by molar-refractivity contribution is 0.254. The molecule has 0 amide bonds. The number of rotatable bonds is 3. The summed E-state index contributed by atoms with van der Waals surface area (Å²) in [5, 5.41) is 0. The quantitative estimate of drug-likeness (QED) is 0.813. The van der Waals surface area contributed by atoms with Crippen LogP contribution >= 0.6 is 0 Å². The van der Waals surface area contributed by atoms with Gasteiger partial charge in [0, 0.05) is 51.7 Å². The van der Waals surface area contributed by atoms with Crippen molar-refractivity contribution >= 4 is 16.0 Å². The summed E-state index contributed by atoms with van der Waals surface area (Å²) >= 11 is 0. The van der Waals surface area contributed by atoms with Gasteiger partial charge in [-0.15, -0.1) is 0 Å². The largest absolute Gasteiger partial charge is 0.353 e. The van der Waals surface area contributed by atoms with Crippen molar-refractivity contribution < 1.29 is 8.42 Å². The van der Waals surface area contributed by atoms with E-state index in [1.165, 1.54) is 0 Å². The minimum absolute atomic E-state index is 0.449. The van der Waals surface area contributed by atoms with Crippen LogP contribution in [0.5, 0.6) is 0 Å². The number of nitrogens with zero attached hydrogens (tertiary/aromatic N) is 5. The lowest BCUT2D eigenvalue weighted by Gasteiger charge is -2.39. The molecule has 2 saturated heterocycles. The maximum absolute atomic E-state index is 12.7. The van der Waals surface area contributed by atoms with Gasteiger partial charge in [0.2, 0.25) is 0 Å². The van der Waals surface area contributed by atoms with E-state index in [1.54, 1.807) is 27.2 Å². The third kappa shape index (κ3) is 3.23. The standard InChI is InChI=1S/C14H23N5O2S/c1-13-3-2-6-19(12-13)22(20,21)18-9-7-17(8-10-18)14-11-15-4-5-16-14/h4-5,11,13H,2-3,6-10,12H2,1H3/t13-/m1/s1. The normalized spacial score (nSPS) is 25.3. The highest BCUT2D eigenvalue weighted by atomic mass is 32.2. The molecular formula is C14H23N5O2S. The SMILES string of the molecule is C[C@@H]1CCCN(S(=O)(=O)N2CCN(c3cnccn3)CC2)C1. The molecule has 0 unspecified atom stereocenters. The van der Waals surface area contributed by atoms with Crippen molar-refractivity contribution in [3.8, 4) is 0 Å². The van der Waals surface area contributed by atoms with E-state index in [9.17, 15) is 8.42 Å². The molecular weight excluding hydrogens is 302 g/mol. The molecule has 2 aliphatic rings. The van der Waals surface area contributed by atoms with Crippen LogP contribution in [0.2, 0.25) is 0 Å². The predicted molar refractivity (Wildman–Crippen MR) is 84.7 cm³/mol. The zero-order valence-corrected chi connectivity index (χ0v) is 13.7. The van der Waals surface area contributed by atoms with E-state index in [0.29, 0.717) is 45.2 Å². The van der Waals surface area contributed by atoms with Crippen molar-refractivity contribution in [2.24, 2.45) is 5.92 Å². The van der Waals surface area contributed by atoms with Crippen LogP contribution < -0.4 is 4.90 Å². The molecule has 122 valence electrons. The van der Waals surface area contributed by atoms with Crippen molar-refractivity contribution in [1.82, 2.24) is 18.6 Å². The fraction of sp³-hybridized carbons (Fsp3) is 0.714. The molecule has 1 atom stereocenters. The molecule has 2 fully saturated rings. The highest BCUT2D eigenvalue weighted by Gasteiger charge is 2.34. The first-order valence-corrected chi connectivity index (χ1v) is 9.23. The minimum atomic E-state index is -3.32. The Labute approximate surface area is 132 Å². The fourth-order valence-corrected chi connectivity index (χ4v) is 4.88. The van der Waals surface area contributed by atoms with Crippen LogP contribution in [0.1, 0.15) is 19.8 Å². The van der Waals surface area contributed by atoms with Gasteiger partial charge in [-0.1, -0.05) is 6.92 Å². The number of hydrogen-bond donors (Lipinski definition) is 0. The van der Waals surface area contributed by atoms with Crippen molar-refractivity contribution in [3.05, 3.63) is 18.6 Å². The van der Waals surface area contributed by atoms with Gasteiger partial charge < -0.3 is 4.90 Å². The van der Waals surface area contributed by atoms with Crippen LogP contribution in [-0.2, 0) is 10.2 Å². The zero-order valence-electron chi connectivity index (χ0n) is 12.9. The molecule has 0 aromatic carbocycles. The molecule has 0 saturated carbocycles. The van der Waals surface area contributed by atoms with Crippen molar-refractivity contribution in [2.75, 3.05) is 44.2 Å². The summed E-state index contributed by atoms with van der Waals surface area (Å²) in [4.78, 5) is 10.4. The maximum atomic E-state index is 12.7. The monoisotopic (exact) mass is 325 g/mol. The van der Waals surface area contributed by atoms with Gasteiger partial charge in [0.1, 0.15) is 5.82 Å². The Morgan fingerprint density at radius 1 is 1.09 bits per heavy atom. The highest BCUT2D eigenvalue weighted by molar-refractivity contribution is 7.86. The van der Waals surface area contributed by atoms with Crippen LogP contribution in [0.3, 0.4) is 0 Å². The van der Waals surface area contributed by atoms with Crippen LogP contribution in [0.4, 0.5) is 5.82 Å². The molecule has 3 heterocycles. The van der Waals surface area contributed by atoms with Crippen molar-refractivity contribution in [1.29, 1.82) is 0 Å². The average Bonchev–Trinajstić information content (AvgIpc) is 2.56. The summed E-state index contributed by atoms with van der Waals surface area (Å²) < 4.78 is 28.7. The number of anilines is 1. The van der Waals surface area contributed by atoms with Crippen molar-refractivity contribution in [3.63, 3.8) is 0 Å².